The summed E-state index contributed by atoms with van der Waals surface area (Å²) in [5.41, 5.74) is 1.93. The quantitative estimate of drug-likeness (QED) is 0.793. The molecule has 1 heterocycles. The van der Waals surface area contributed by atoms with Crippen molar-refractivity contribution < 1.29 is 14.3 Å². The molecule has 0 unspecified atom stereocenters. The molecule has 5 heteroatoms. The van der Waals surface area contributed by atoms with Crippen molar-refractivity contribution in [3.8, 4) is 5.75 Å². The highest BCUT2D eigenvalue weighted by Crippen LogP contribution is 2.34. The highest BCUT2D eigenvalue weighted by Gasteiger charge is 2.37. The Kier molecular flexibility index (Phi) is 4.73. The van der Waals surface area contributed by atoms with Crippen molar-refractivity contribution in [2.45, 2.75) is 33.2 Å². The largest absolute Gasteiger partial charge is 0.497 e. The Hall–Kier alpha value is -1.75. The first-order valence-electron chi connectivity index (χ1n) is 6.89. The highest BCUT2D eigenvalue weighted by atomic mass is 32.2. The van der Waals surface area contributed by atoms with E-state index >= 15 is 0 Å². The number of hydrogen-bond donors (Lipinski definition) is 0. The molecule has 2 amide bonds. The van der Waals surface area contributed by atoms with Crippen LogP contribution in [0.1, 0.15) is 31.4 Å². The van der Waals surface area contributed by atoms with Gasteiger partial charge in [0, 0.05) is 6.04 Å². The summed E-state index contributed by atoms with van der Waals surface area (Å²) in [5.74, 6) is 0.576. The molecule has 0 spiro atoms. The fraction of sp³-hybridized carbons (Fsp3) is 0.375. The van der Waals surface area contributed by atoms with E-state index in [1.165, 1.54) is 4.90 Å². The van der Waals surface area contributed by atoms with Crippen molar-refractivity contribution in [2.24, 2.45) is 0 Å². The summed E-state index contributed by atoms with van der Waals surface area (Å²) in [6.07, 6.45) is 2.54. The zero-order valence-corrected chi connectivity index (χ0v) is 13.5. The van der Waals surface area contributed by atoms with Gasteiger partial charge in [-0.15, -0.1) is 0 Å². The second kappa shape index (κ2) is 6.35. The van der Waals surface area contributed by atoms with E-state index < -0.39 is 0 Å². The summed E-state index contributed by atoms with van der Waals surface area (Å²) in [6.45, 7) is 5.80. The van der Waals surface area contributed by atoms with Crippen molar-refractivity contribution in [1.82, 2.24) is 4.90 Å². The monoisotopic (exact) mass is 305 g/mol. The van der Waals surface area contributed by atoms with Crippen molar-refractivity contribution in [3.05, 3.63) is 34.2 Å². The van der Waals surface area contributed by atoms with Crippen LogP contribution in [-0.2, 0) is 4.79 Å². The highest BCUT2D eigenvalue weighted by molar-refractivity contribution is 8.18. The lowest BCUT2D eigenvalue weighted by Gasteiger charge is -2.19. The summed E-state index contributed by atoms with van der Waals surface area (Å²) in [5, 5.41) is -0.188. The molecule has 4 nitrogen and oxygen atoms in total. The average Bonchev–Trinajstić information content (AvgIpc) is 2.75. The van der Waals surface area contributed by atoms with Crippen LogP contribution in [0, 0.1) is 6.92 Å². The third kappa shape index (κ3) is 3.13. The Bertz CT molecular complexity index is 610. The molecular formula is C16H19NO3S. The molecule has 112 valence electrons. The average molecular weight is 305 g/mol. The first kappa shape index (κ1) is 15.6. The van der Waals surface area contributed by atoms with Crippen molar-refractivity contribution in [1.29, 1.82) is 0 Å². The molecule has 21 heavy (non-hydrogen) atoms. The first-order valence-corrected chi connectivity index (χ1v) is 7.71. The van der Waals surface area contributed by atoms with E-state index in [4.69, 9.17) is 4.74 Å². The van der Waals surface area contributed by atoms with Crippen LogP contribution in [0.25, 0.3) is 6.08 Å². The normalized spacial score (nSPS) is 18.5. The van der Waals surface area contributed by atoms with Gasteiger partial charge in [-0.3, -0.25) is 14.5 Å². The number of rotatable bonds is 4. The third-order valence-electron chi connectivity index (χ3n) is 3.62. The molecule has 1 saturated heterocycles. The molecule has 1 aliphatic heterocycles. The maximum atomic E-state index is 12.3. The predicted octanol–water partition coefficient (Wildman–Crippen LogP) is 3.84. The number of thioether (sulfide) groups is 1. The fourth-order valence-corrected chi connectivity index (χ4v) is 3.04. The number of hydrogen-bond acceptors (Lipinski definition) is 4. The topological polar surface area (TPSA) is 46.6 Å². The summed E-state index contributed by atoms with van der Waals surface area (Å²) in [4.78, 5) is 26.1. The van der Waals surface area contributed by atoms with Gasteiger partial charge in [0.05, 0.1) is 12.0 Å². The summed E-state index contributed by atoms with van der Waals surface area (Å²) in [6, 6.07) is 5.58. The zero-order valence-electron chi connectivity index (χ0n) is 12.7. The number of benzene rings is 1. The molecule has 1 aliphatic rings. The Labute approximate surface area is 129 Å². The summed E-state index contributed by atoms with van der Waals surface area (Å²) in [7, 11) is 1.62. The molecular weight excluding hydrogens is 286 g/mol. The second-order valence-electron chi connectivity index (χ2n) is 5.03. The number of ether oxygens (including phenoxy) is 1. The zero-order chi connectivity index (χ0) is 15.6. The maximum Gasteiger partial charge on any atom is 0.293 e. The molecule has 1 aromatic rings. The van der Waals surface area contributed by atoms with Gasteiger partial charge >= 0.3 is 0 Å². The van der Waals surface area contributed by atoms with Gasteiger partial charge < -0.3 is 4.74 Å². The molecule has 0 bridgehead atoms. The molecule has 0 aromatic heterocycles. The summed E-state index contributed by atoms with van der Waals surface area (Å²) < 4.78 is 5.17. The second-order valence-corrected chi connectivity index (χ2v) is 6.02. The number of nitrogens with zero attached hydrogens (tertiary/aromatic N) is 1. The Morgan fingerprint density at radius 1 is 1.38 bits per heavy atom. The van der Waals surface area contributed by atoms with Gasteiger partial charge in [0.1, 0.15) is 5.75 Å². The standard InChI is InChI=1S/C16H19NO3S/c1-5-11(3)17-15(18)14(21-16(17)19)9-12-6-7-13(20-4)8-10(12)2/h6-9,11H,5H2,1-4H3/b14-9+/t11-/m0/s1. The summed E-state index contributed by atoms with van der Waals surface area (Å²) >= 11 is 1.01. The van der Waals surface area contributed by atoms with Crippen molar-refractivity contribution >= 4 is 29.0 Å². The predicted molar refractivity (Wildman–Crippen MR) is 85.3 cm³/mol. The van der Waals surface area contributed by atoms with Gasteiger partial charge in [-0.25, -0.2) is 0 Å². The van der Waals surface area contributed by atoms with Gasteiger partial charge in [-0.2, -0.15) is 0 Å². The van der Waals surface area contributed by atoms with E-state index in [0.717, 1.165) is 35.1 Å². The molecule has 0 radical (unpaired) electrons. The smallest absolute Gasteiger partial charge is 0.293 e. The van der Waals surface area contributed by atoms with Crippen LogP contribution in [0.15, 0.2) is 23.1 Å². The van der Waals surface area contributed by atoms with Crippen LogP contribution in [-0.4, -0.2) is 29.2 Å². The SMILES string of the molecule is CC[C@H](C)N1C(=O)S/C(=C/c2ccc(OC)cc2C)C1=O. The van der Waals surface area contributed by atoms with E-state index in [9.17, 15) is 9.59 Å². The van der Waals surface area contributed by atoms with Crippen LogP contribution in [0.2, 0.25) is 0 Å². The lowest BCUT2D eigenvalue weighted by atomic mass is 10.1. The molecule has 0 N–H and O–H groups in total. The Morgan fingerprint density at radius 2 is 2.10 bits per heavy atom. The van der Waals surface area contributed by atoms with Gasteiger partial charge in [0.2, 0.25) is 0 Å². The molecule has 0 aliphatic carbocycles. The van der Waals surface area contributed by atoms with E-state index in [1.807, 2.05) is 39.0 Å². The van der Waals surface area contributed by atoms with Gasteiger partial charge in [0.25, 0.3) is 11.1 Å². The number of amides is 2. The van der Waals surface area contributed by atoms with E-state index in [-0.39, 0.29) is 17.2 Å². The van der Waals surface area contributed by atoms with Crippen LogP contribution >= 0.6 is 11.8 Å². The first-order chi connectivity index (χ1) is 9.97. The van der Waals surface area contributed by atoms with Crippen LogP contribution in [0.5, 0.6) is 5.75 Å². The van der Waals surface area contributed by atoms with Crippen LogP contribution < -0.4 is 4.74 Å². The van der Waals surface area contributed by atoms with Gasteiger partial charge in [-0.1, -0.05) is 13.0 Å². The Morgan fingerprint density at radius 3 is 2.67 bits per heavy atom. The van der Waals surface area contributed by atoms with E-state index in [0.29, 0.717) is 4.91 Å². The number of methoxy groups -OCH3 is 1. The number of imide groups is 1. The number of aryl methyl sites for hydroxylation is 1. The fourth-order valence-electron chi connectivity index (χ4n) is 2.12. The number of carbonyl (C=O) groups excluding carboxylic acids is 2. The molecule has 0 saturated carbocycles. The molecule has 1 aromatic carbocycles. The van der Waals surface area contributed by atoms with Gasteiger partial charge in [0.15, 0.2) is 0 Å². The lowest BCUT2D eigenvalue weighted by molar-refractivity contribution is -0.124. The molecule has 2 rings (SSSR count). The minimum Gasteiger partial charge on any atom is -0.497 e. The van der Waals surface area contributed by atoms with Crippen LogP contribution in [0.3, 0.4) is 0 Å². The van der Waals surface area contributed by atoms with Crippen LogP contribution in [0.4, 0.5) is 4.79 Å². The number of carbonyl (C=O) groups is 2. The van der Waals surface area contributed by atoms with Crippen molar-refractivity contribution in [3.63, 3.8) is 0 Å². The lowest BCUT2D eigenvalue weighted by Crippen LogP contribution is -2.36. The third-order valence-corrected chi connectivity index (χ3v) is 4.50. The minimum absolute atomic E-state index is 0.0691. The van der Waals surface area contributed by atoms with E-state index in [1.54, 1.807) is 13.2 Å². The van der Waals surface area contributed by atoms with Gasteiger partial charge in [-0.05, 0) is 61.4 Å². The minimum atomic E-state index is -0.199. The van der Waals surface area contributed by atoms with E-state index in [2.05, 4.69) is 0 Å². The maximum absolute atomic E-state index is 12.3. The van der Waals surface area contributed by atoms with Crippen molar-refractivity contribution in [2.75, 3.05) is 7.11 Å². The Balaban J connectivity index is 2.31. The molecule has 1 atom stereocenters. The molecule has 1 fully saturated rings.